The molecule has 0 bridgehead atoms. The van der Waals surface area contributed by atoms with Gasteiger partial charge in [0.15, 0.2) is 0 Å². The molecule has 28 heavy (non-hydrogen) atoms. The topological polar surface area (TPSA) is 65.2 Å². The van der Waals surface area contributed by atoms with Crippen molar-refractivity contribution in [2.45, 2.75) is 6.42 Å². The van der Waals surface area contributed by atoms with Crippen molar-refractivity contribution in [2.75, 3.05) is 7.11 Å². The fourth-order valence-corrected chi connectivity index (χ4v) is 2.98. The monoisotopic (exact) mass is 370 g/mol. The summed E-state index contributed by atoms with van der Waals surface area (Å²) in [7, 11) is 1.64. The molecule has 0 spiro atoms. The SMILES string of the molecule is COc1ccc(Cc2nnc(-c3cccc(-c4cccc(C=O)c4)c3)o2)cc1. The van der Waals surface area contributed by atoms with E-state index in [-0.39, 0.29) is 0 Å². The summed E-state index contributed by atoms with van der Waals surface area (Å²) in [4.78, 5) is 11.0. The molecule has 1 aromatic heterocycles. The molecule has 0 N–H and O–H groups in total. The standard InChI is InChI=1S/C23H18N2O3/c1-27-21-10-8-16(9-11-21)13-22-24-25-23(28-22)20-7-3-6-19(14-20)18-5-2-4-17(12-18)15-26/h2-12,14-15H,13H2,1H3. The number of benzene rings is 3. The summed E-state index contributed by atoms with van der Waals surface area (Å²) in [6.45, 7) is 0. The largest absolute Gasteiger partial charge is 0.497 e. The predicted octanol–water partition coefficient (Wildman–Crippen LogP) is 4.82. The van der Waals surface area contributed by atoms with E-state index in [0.717, 1.165) is 34.3 Å². The molecular formula is C23H18N2O3. The number of carbonyl (C=O) groups excluding carboxylic acids is 1. The summed E-state index contributed by atoms with van der Waals surface area (Å²) in [5, 5.41) is 8.35. The van der Waals surface area contributed by atoms with Crippen LogP contribution in [0.1, 0.15) is 21.8 Å². The molecule has 0 aliphatic rings. The molecule has 0 amide bonds. The Morgan fingerprint density at radius 2 is 1.61 bits per heavy atom. The van der Waals surface area contributed by atoms with Crippen LogP contribution in [0.5, 0.6) is 5.75 Å². The average Bonchev–Trinajstić information content (AvgIpc) is 3.23. The van der Waals surface area contributed by atoms with Gasteiger partial charge < -0.3 is 9.15 Å². The maximum Gasteiger partial charge on any atom is 0.247 e. The van der Waals surface area contributed by atoms with E-state index in [0.29, 0.717) is 23.8 Å². The van der Waals surface area contributed by atoms with E-state index in [4.69, 9.17) is 9.15 Å². The highest BCUT2D eigenvalue weighted by molar-refractivity contribution is 5.79. The van der Waals surface area contributed by atoms with Crippen LogP contribution in [0.25, 0.3) is 22.6 Å². The maximum atomic E-state index is 11.0. The van der Waals surface area contributed by atoms with Crippen molar-refractivity contribution in [1.82, 2.24) is 10.2 Å². The van der Waals surface area contributed by atoms with Gasteiger partial charge in [-0.1, -0.05) is 42.5 Å². The summed E-state index contributed by atoms with van der Waals surface area (Å²) in [5.74, 6) is 1.83. The van der Waals surface area contributed by atoms with Gasteiger partial charge in [0.1, 0.15) is 12.0 Å². The molecule has 0 aliphatic heterocycles. The average molecular weight is 370 g/mol. The molecule has 3 aromatic carbocycles. The van der Waals surface area contributed by atoms with Crippen LogP contribution in [0.3, 0.4) is 0 Å². The Kier molecular flexibility index (Phi) is 4.97. The number of aldehydes is 1. The van der Waals surface area contributed by atoms with Crippen LogP contribution in [0.4, 0.5) is 0 Å². The minimum Gasteiger partial charge on any atom is -0.497 e. The van der Waals surface area contributed by atoms with Crippen LogP contribution in [0.2, 0.25) is 0 Å². The van der Waals surface area contributed by atoms with Gasteiger partial charge in [-0.25, -0.2) is 0 Å². The molecule has 5 nitrogen and oxygen atoms in total. The Balaban J connectivity index is 1.57. The van der Waals surface area contributed by atoms with E-state index in [2.05, 4.69) is 10.2 Å². The van der Waals surface area contributed by atoms with Crippen molar-refractivity contribution in [2.24, 2.45) is 0 Å². The highest BCUT2D eigenvalue weighted by Gasteiger charge is 2.11. The van der Waals surface area contributed by atoms with Crippen molar-refractivity contribution in [1.29, 1.82) is 0 Å². The first kappa shape index (κ1) is 17.7. The van der Waals surface area contributed by atoms with Gasteiger partial charge in [0, 0.05) is 11.1 Å². The molecule has 0 radical (unpaired) electrons. The zero-order valence-corrected chi connectivity index (χ0v) is 15.3. The molecular weight excluding hydrogens is 352 g/mol. The smallest absolute Gasteiger partial charge is 0.247 e. The maximum absolute atomic E-state index is 11.0. The van der Waals surface area contributed by atoms with E-state index < -0.39 is 0 Å². The summed E-state index contributed by atoms with van der Waals surface area (Å²) < 4.78 is 11.0. The lowest BCUT2D eigenvalue weighted by atomic mass is 10.0. The van der Waals surface area contributed by atoms with Crippen LogP contribution in [-0.2, 0) is 6.42 Å². The molecule has 0 aliphatic carbocycles. The minimum atomic E-state index is 0.469. The molecule has 5 heteroatoms. The normalized spacial score (nSPS) is 10.6. The van der Waals surface area contributed by atoms with E-state index >= 15 is 0 Å². The molecule has 0 fully saturated rings. The Morgan fingerprint density at radius 1 is 0.893 bits per heavy atom. The number of methoxy groups -OCH3 is 1. The van der Waals surface area contributed by atoms with Gasteiger partial charge in [-0.2, -0.15) is 0 Å². The molecule has 0 unspecified atom stereocenters. The van der Waals surface area contributed by atoms with E-state index in [1.54, 1.807) is 13.2 Å². The highest BCUT2D eigenvalue weighted by Crippen LogP contribution is 2.26. The minimum absolute atomic E-state index is 0.469. The van der Waals surface area contributed by atoms with Crippen molar-refractivity contribution in [3.63, 3.8) is 0 Å². The Bertz CT molecular complexity index is 1100. The van der Waals surface area contributed by atoms with Gasteiger partial charge in [0.05, 0.1) is 13.5 Å². The van der Waals surface area contributed by atoms with Crippen LogP contribution in [0.15, 0.2) is 77.2 Å². The second kappa shape index (κ2) is 7.88. The van der Waals surface area contributed by atoms with Crippen molar-refractivity contribution in [3.05, 3.63) is 89.8 Å². The summed E-state index contributed by atoms with van der Waals surface area (Å²) >= 11 is 0. The number of carbonyl (C=O) groups is 1. The van der Waals surface area contributed by atoms with Crippen LogP contribution < -0.4 is 4.74 Å². The Hall–Kier alpha value is -3.73. The fourth-order valence-electron chi connectivity index (χ4n) is 2.98. The Labute approximate surface area is 162 Å². The zero-order chi connectivity index (χ0) is 19.3. The second-order valence-corrected chi connectivity index (χ2v) is 6.35. The zero-order valence-electron chi connectivity index (χ0n) is 15.3. The fraction of sp³-hybridized carbons (Fsp3) is 0.0870. The molecule has 4 rings (SSSR count). The Morgan fingerprint density at radius 3 is 2.36 bits per heavy atom. The summed E-state index contributed by atoms with van der Waals surface area (Å²) in [6.07, 6.45) is 1.40. The van der Waals surface area contributed by atoms with E-state index in [1.165, 1.54) is 0 Å². The van der Waals surface area contributed by atoms with Crippen molar-refractivity contribution >= 4 is 6.29 Å². The van der Waals surface area contributed by atoms with Crippen LogP contribution in [0, 0.1) is 0 Å². The molecule has 0 atom stereocenters. The second-order valence-electron chi connectivity index (χ2n) is 6.35. The van der Waals surface area contributed by atoms with Gasteiger partial charge in [-0.05, 0) is 47.0 Å². The lowest BCUT2D eigenvalue weighted by molar-refractivity contribution is 0.112. The molecule has 0 saturated carbocycles. The van der Waals surface area contributed by atoms with Gasteiger partial charge in [0.2, 0.25) is 11.8 Å². The molecule has 138 valence electrons. The molecule has 4 aromatic rings. The van der Waals surface area contributed by atoms with Crippen molar-refractivity contribution < 1.29 is 13.9 Å². The number of nitrogens with zero attached hydrogens (tertiary/aromatic N) is 2. The van der Waals surface area contributed by atoms with Gasteiger partial charge in [-0.3, -0.25) is 4.79 Å². The third kappa shape index (κ3) is 3.83. The quantitative estimate of drug-likeness (QED) is 0.456. The third-order valence-corrected chi connectivity index (χ3v) is 4.45. The first-order valence-corrected chi connectivity index (χ1v) is 8.86. The summed E-state index contributed by atoms with van der Waals surface area (Å²) in [6, 6.07) is 23.1. The predicted molar refractivity (Wildman–Crippen MR) is 106 cm³/mol. The lowest BCUT2D eigenvalue weighted by Crippen LogP contribution is -1.89. The van der Waals surface area contributed by atoms with Crippen LogP contribution in [-0.4, -0.2) is 23.6 Å². The first-order valence-electron chi connectivity index (χ1n) is 8.86. The molecule has 1 heterocycles. The summed E-state index contributed by atoms with van der Waals surface area (Å²) in [5.41, 5.74) is 4.49. The van der Waals surface area contributed by atoms with Gasteiger partial charge >= 0.3 is 0 Å². The lowest BCUT2D eigenvalue weighted by Gasteiger charge is -2.04. The number of hydrogen-bond donors (Lipinski definition) is 0. The third-order valence-electron chi connectivity index (χ3n) is 4.45. The number of ether oxygens (including phenoxy) is 1. The van der Waals surface area contributed by atoms with Crippen molar-refractivity contribution in [3.8, 4) is 28.3 Å². The first-order chi connectivity index (χ1) is 13.7. The van der Waals surface area contributed by atoms with Gasteiger partial charge in [0.25, 0.3) is 0 Å². The van der Waals surface area contributed by atoms with E-state index in [1.807, 2.05) is 66.7 Å². The molecule has 0 saturated heterocycles. The van der Waals surface area contributed by atoms with E-state index in [9.17, 15) is 4.79 Å². The number of rotatable bonds is 6. The highest BCUT2D eigenvalue weighted by atomic mass is 16.5. The number of aromatic nitrogens is 2. The van der Waals surface area contributed by atoms with Gasteiger partial charge in [-0.15, -0.1) is 10.2 Å². The number of hydrogen-bond acceptors (Lipinski definition) is 5. The van der Waals surface area contributed by atoms with Crippen LogP contribution >= 0.6 is 0 Å².